The Labute approximate surface area is 151 Å². The quantitative estimate of drug-likeness (QED) is 0.732. The second-order valence-electron chi connectivity index (χ2n) is 7.10. The van der Waals surface area contributed by atoms with Crippen LogP contribution in [0.25, 0.3) is 21.7 Å². The Morgan fingerprint density at radius 1 is 1.19 bits per heavy atom. The van der Waals surface area contributed by atoms with Crippen molar-refractivity contribution in [2.75, 3.05) is 6.54 Å². The highest BCUT2D eigenvalue weighted by Gasteiger charge is 2.34. The van der Waals surface area contributed by atoms with Gasteiger partial charge in [-0.1, -0.05) is 37.3 Å². The van der Waals surface area contributed by atoms with Gasteiger partial charge in [-0.15, -0.1) is 0 Å². The largest absolute Gasteiger partial charge is 0.481 e. The van der Waals surface area contributed by atoms with Crippen molar-refractivity contribution in [1.29, 1.82) is 0 Å². The summed E-state index contributed by atoms with van der Waals surface area (Å²) in [6, 6.07) is 14.1. The molecule has 134 valence electrons. The fourth-order valence-electron chi connectivity index (χ4n) is 3.40. The second-order valence-corrected chi connectivity index (χ2v) is 7.10. The second kappa shape index (κ2) is 6.48. The average Bonchev–Trinajstić information content (AvgIpc) is 3.38. The van der Waals surface area contributed by atoms with Crippen molar-refractivity contribution in [3.63, 3.8) is 0 Å². The van der Waals surface area contributed by atoms with Crippen LogP contribution in [-0.2, 0) is 16.0 Å². The highest BCUT2D eigenvalue weighted by molar-refractivity contribution is 6.06. The van der Waals surface area contributed by atoms with Gasteiger partial charge >= 0.3 is 5.97 Å². The minimum absolute atomic E-state index is 0.0658. The topological polar surface area (TPSA) is 70.8 Å². The van der Waals surface area contributed by atoms with Crippen molar-refractivity contribution in [2.45, 2.75) is 32.2 Å². The van der Waals surface area contributed by atoms with Crippen LogP contribution in [0.15, 0.2) is 46.9 Å². The van der Waals surface area contributed by atoms with E-state index in [4.69, 9.17) is 9.52 Å². The van der Waals surface area contributed by atoms with Gasteiger partial charge in [-0.25, -0.2) is 0 Å². The molecule has 1 amide bonds. The molecule has 3 aromatic rings. The maximum atomic E-state index is 12.8. The molecule has 2 aromatic carbocycles. The summed E-state index contributed by atoms with van der Waals surface area (Å²) in [7, 11) is 0. The Bertz CT molecular complexity index is 986. The summed E-state index contributed by atoms with van der Waals surface area (Å²) in [5.41, 5.74) is 0.767. The highest BCUT2D eigenvalue weighted by atomic mass is 16.4. The molecule has 1 aliphatic rings. The Morgan fingerprint density at radius 2 is 1.96 bits per heavy atom. The molecule has 26 heavy (non-hydrogen) atoms. The normalized spacial score (nSPS) is 15.3. The van der Waals surface area contributed by atoms with Gasteiger partial charge in [0.05, 0.1) is 12.3 Å². The first-order valence-corrected chi connectivity index (χ1v) is 8.95. The van der Waals surface area contributed by atoms with E-state index in [1.807, 2.05) is 36.4 Å². The van der Waals surface area contributed by atoms with E-state index in [2.05, 4.69) is 6.07 Å². The van der Waals surface area contributed by atoms with Gasteiger partial charge in [0.2, 0.25) is 5.91 Å². The van der Waals surface area contributed by atoms with Crippen molar-refractivity contribution in [1.82, 2.24) is 4.90 Å². The molecule has 1 aromatic heterocycles. The number of carbonyl (C=O) groups excluding carboxylic acids is 1. The van der Waals surface area contributed by atoms with Gasteiger partial charge in [-0.3, -0.25) is 9.59 Å². The predicted octanol–water partition coefficient (Wildman–Crippen LogP) is 3.84. The average molecular weight is 351 g/mol. The molecule has 1 fully saturated rings. The smallest absolute Gasteiger partial charge is 0.308 e. The molecule has 0 bridgehead atoms. The van der Waals surface area contributed by atoms with Gasteiger partial charge < -0.3 is 14.4 Å². The van der Waals surface area contributed by atoms with Crippen molar-refractivity contribution < 1.29 is 19.1 Å². The highest BCUT2D eigenvalue weighted by Crippen LogP contribution is 2.31. The number of hydrogen-bond acceptors (Lipinski definition) is 3. The molecule has 0 aliphatic heterocycles. The van der Waals surface area contributed by atoms with Crippen molar-refractivity contribution in [3.8, 4) is 0 Å². The van der Waals surface area contributed by atoms with Crippen LogP contribution >= 0.6 is 0 Å². The third-order valence-corrected chi connectivity index (χ3v) is 5.00. The van der Waals surface area contributed by atoms with Crippen LogP contribution in [0.2, 0.25) is 0 Å². The number of aliphatic carboxylic acids is 1. The fourth-order valence-corrected chi connectivity index (χ4v) is 3.40. The summed E-state index contributed by atoms with van der Waals surface area (Å²) in [5.74, 6) is -0.892. The number of carbonyl (C=O) groups is 2. The van der Waals surface area contributed by atoms with Gasteiger partial charge in [-0.05, 0) is 35.7 Å². The molecular formula is C21H21NO4. The number of carboxylic acids is 1. The Hall–Kier alpha value is -2.82. The van der Waals surface area contributed by atoms with Gasteiger partial charge in [0.1, 0.15) is 11.3 Å². The van der Waals surface area contributed by atoms with E-state index in [-0.39, 0.29) is 24.9 Å². The van der Waals surface area contributed by atoms with Crippen molar-refractivity contribution in [3.05, 3.63) is 48.2 Å². The van der Waals surface area contributed by atoms with E-state index in [0.717, 1.165) is 34.6 Å². The van der Waals surface area contributed by atoms with Gasteiger partial charge in [0.25, 0.3) is 0 Å². The maximum absolute atomic E-state index is 12.8. The molecule has 1 aliphatic carbocycles. The number of amides is 1. The molecule has 5 heteroatoms. The van der Waals surface area contributed by atoms with E-state index in [1.54, 1.807) is 11.8 Å². The molecule has 1 heterocycles. The first-order valence-electron chi connectivity index (χ1n) is 8.95. The number of nitrogens with zero attached hydrogens (tertiary/aromatic N) is 1. The number of carboxylic acid groups (broad SMARTS) is 1. The van der Waals surface area contributed by atoms with E-state index in [9.17, 15) is 9.59 Å². The summed E-state index contributed by atoms with van der Waals surface area (Å²) in [4.78, 5) is 25.6. The first-order chi connectivity index (χ1) is 12.5. The number of hydrogen-bond donors (Lipinski definition) is 1. The summed E-state index contributed by atoms with van der Waals surface area (Å²) in [6.07, 6.45) is 2.05. The number of benzene rings is 2. The van der Waals surface area contributed by atoms with Crippen LogP contribution < -0.4 is 0 Å². The molecular weight excluding hydrogens is 330 g/mol. The predicted molar refractivity (Wildman–Crippen MR) is 99.0 cm³/mol. The molecule has 4 rings (SSSR count). The number of rotatable bonds is 6. The van der Waals surface area contributed by atoms with Crippen LogP contribution in [-0.4, -0.2) is 34.5 Å². The Morgan fingerprint density at radius 3 is 2.69 bits per heavy atom. The van der Waals surface area contributed by atoms with Gasteiger partial charge in [-0.2, -0.15) is 0 Å². The Balaban J connectivity index is 1.58. The SMILES string of the molecule is CC(CN(C(=O)Cc1cc2c(ccc3ccccc32)o1)C1CC1)C(=O)O. The van der Waals surface area contributed by atoms with E-state index < -0.39 is 11.9 Å². The molecule has 1 unspecified atom stereocenters. The molecule has 0 spiro atoms. The zero-order valence-electron chi connectivity index (χ0n) is 14.6. The van der Waals surface area contributed by atoms with Gasteiger partial charge in [0.15, 0.2) is 0 Å². The molecule has 1 N–H and O–H groups in total. The standard InChI is InChI=1S/C21H21NO4/c1-13(21(24)25)12-22(15-7-8-15)20(23)11-16-10-18-17-5-3-2-4-14(17)6-9-19(18)26-16/h2-6,9-10,13,15H,7-8,11-12H2,1H3,(H,24,25). The third-order valence-electron chi connectivity index (χ3n) is 5.00. The number of fused-ring (bicyclic) bond motifs is 3. The van der Waals surface area contributed by atoms with Crippen molar-refractivity contribution >= 4 is 33.6 Å². The van der Waals surface area contributed by atoms with Crippen LogP contribution in [0.4, 0.5) is 0 Å². The summed E-state index contributed by atoms with van der Waals surface area (Å²) in [6.45, 7) is 1.89. The lowest BCUT2D eigenvalue weighted by molar-refractivity contribution is -0.143. The van der Waals surface area contributed by atoms with Crippen LogP contribution in [0, 0.1) is 5.92 Å². The van der Waals surface area contributed by atoms with E-state index >= 15 is 0 Å². The number of furan rings is 1. The lowest BCUT2D eigenvalue weighted by Crippen LogP contribution is -2.39. The van der Waals surface area contributed by atoms with Crippen molar-refractivity contribution in [2.24, 2.45) is 5.92 Å². The van der Waals surface area contributed by atoms with Crippen LogP contribution in [0.1, 0.15) is 25.5 Å². The summed E-state index contributed by atoms with van der Waals surface area (Å²) in [5, 5.41) is 12.4. The van der Waals surface area contributed by atoms with E-state index in [1.165, 1.54) is 0 Å². The molecule has 0 saturated heterocycles. The zero-order valence-corrected chi connectivity index (χ0v) is 14.6. The third kappa shape index (κ3) is 3.17. The van der Waals surface area contributed by atoms with Crippen LogP contribution in [0.5, 0.6) is 0 Å². The molecule has 1 atom stereocenters. The van der Waals surface area contributed by atoms with E-state index in [0.29, 0.717) is 5.76 Å². The minimum Gasteiger partial charge on any atom is -0.481 e. The maximum Gasteiger partial charge on any atom is 0.308 e. The molecule has 1 saturated carbocycles. The minimum atomic E-state index is -0.876. The monoisotopic (exact) mass is 351 g/mol. The summed E-state index contributed by atoms with van der Waals surface area (Å²) < 4.78 is 5.89. The molecule has 0 radical (unpaired) electrons. The fraction of sp³-hybridized carbons (Fsp3) is 0.333. The zero-order chi connectivity index (χ0) is 18.3. The molecule has 5 nitrogen and oxygen atoms in total. The van der Waals surface area contributed by atoms with Crippen LogP contribution in [0.3, 0.4) is 0 Å². The summed E-state index contributed by atoms with van der Waals surface area (Å²) >= 11 is 0. The lowest BCUT2D eigenvalue weighted by Gasteiger charge is -2.24. The first kappa shape index (κ1) is 16.6. The van der Waals surface area contributed by atoms with Gasteiger partial charge in [0, 0.05) is 18.0 Å². The Kier molecular flexibility index (Phi) is 4.15. The lowest BCUT2D eigenvalue weighted by atomic mass is 10.1.